The maximum absolute atomic E-state index is 12.8. The fraction of sp³-hybridized carbons (Fsp3) is 0.526. The van der Waals surface area contributed by atoms with E-state index in [1.165, 1.54) is 4.90 Å². The Bertz CT molecular complexity index is 665. The molecule has 1 N–H and O–H groups in total. The first-order chi connectivity index (χ1) is 12.9. The van der Waals surface area contributed by atoms with Gasteiger partial charge in [0.1, 0.15) is 6.04 Å². The van der Waals surface area contributed by atoms with E-state index >= 15 is 0 Å². The van der Waals surface area contributed by atoms with Gasteiger partial charge >= 0.3 is 0 Å². The van der Waals surface area contributed by atoms with Gasteiger partial charge in [-0.15, -0.1) is 0 Å². The third-order valence-electron chi connectivity index (χ3n) is 4.49. The number of rotatable bonds is 8. The van der Waals surface area contributed by atoms with Crippen molar-refractivity contribution >= 4 is 33.7 Å². The van der Waals surface area contributed by atoms with Gasteiger partial charge in [-0.25, -0.2) is 0 Å². The van der Waals surface area contributed by atoms with Crippen molar-refractivity contribution < 1.29 is 19.1 Å². The molecule has 7 nitrogen and oxygen atoms in total. The average molecular weight is 440 g/mol. The SMILES string of the molecule is COCCCNC(=O)CN(C)C(=O)C1CCCN1C(=O)c1ccc(Br)cc1. The largest absolute Gasteiger partial charge is 0.385 e. The van der Waals surface area contributed by atoms with E-state index in [2.05, 4.69) is 21.2 Å². The van der Waals surface area contributed by atoms with Crippen molar-refractivity contribution in [2.75, 3.05) is 40.4 Å². The molecule has 0 spiro atoms. The number of likely N-dealkylation sites (tertiary alicyclic amines) is 1. The third kappa shape index (κ3) is 6.04. The fourth-order valence-electron chi connectivity index (χ4n) is 3.07. The van der Waals surface area contributed by atoms with Crippen LogP contribution < -0.4 is 5.32 Å². The summed E-state index contributed by atoms with van der Waals surface area (Å²) in [4.78, 5) is 40.5. The molecular weight excluding hydrogens is 414 g/mol. The molecule has 0 radical (unpaired) electrons. The van der Waals surface area contributed by atoms with Crippen molar-refractivity contribution in [2.24, 2.45) is 0 Å². The molecule has 27 heavy (non-hydrogen) atoms. The number of nitrogens with one attached hydrogen (secondary N) is 1. The molecule has 1 aromatic rings. The summed E-state index contributed by atoms with van der Waals surface area (Å²) >= 11 is 3.35. The number of carbonyl (C=O) groups is 3. The molecule has 1 aliphatic heterocycles. The predicted molar refractivity (Wildman–Crippen MR) is 105 cm³/mol. The highest BCUT2D eigenvalue weighted by Crippen LogP contribution is 2.22. The van der Waals surface area contributed by atoms with Gasteiger partial charge in [-0.1, -0.05) is 15.9 Å². The summed E-state index contributed by atoms with van der Waals surface area (Å²) in [7, 11) is 3.20. The van der Waals surface area contributed by atoms with Crippen LogP contribution in [0.15, 0.2) is 28.7 Å². The minimum Gasteiger partial charge on any atom is -0.385 e. The summed E-state index contributed by atoms with van der Waals surface area (Å²) in [6.45, 7) is 1.60. The predicted octanol–water partition coefficient (Wildman–Crippen LogP) is 1.66. The van der Waals surface area contributed by atoms with Crippen LogP contribution in [0.3, 0.4) is 0 Å². The Morgan fingerprint density at radius 3 is 2.67 bits per heavy atom. The molecule has 0 aromatic heterocycles. The monoisotopic (exact) mass is 439 g/mol. The van der Waals surface area contributed by atoms with Crippen LogP contribution in [0.5, 0.6) is 0 Å². The molecule has 2 rings (SSSR count). The topological polar surface area (TPSA) is 79.0 Å². The fourth-order valence-corrected chi connectivity index (χ4v) is 3.34. The molecule has 1 atom stereocenters. The number of carbonyl (C=O) groups excluding carboxylic acids is 3. The van der Waals surface area contributed by atoms with Gasteiger partial charge < -0.3 is 19.9 Å². The Kier molecular flexibility index (Phi) is 8.24. The summed E-state index contributed by atoms with van der Waals surface area (Å²) in [6.07, 6.45) is 2.11. The molecule has 1 unspecified atom stereocenters. The summed E-state index contributed by atoms with van der Waals surface area (Å²) in [5, 5.41) is 2.76. The first-order valence-electron chi connectivity index (χ1n) is 9.01. The third-order valence-corrected chi connectivity index (χ3v) is 5.02. The van der Waals surface area contributed by atoms with Gasteiger partial charge in [0, 0.05) is 43.9 Å². The zero-order valence-electron chi connectivity index (χ0n) is 15.7. The highest BCUT2D eigenvalue weighted by Gasteiger charge is 2.36. The number of hydrogen-bond acceptors (Lipinski definition) is 4. The molecule has 0 bridgehead atoms. The van der Waals surface area contributed by atoms with E-state index in [0.29, 0.717) is 31.7 Å². The van der Waals surface area contributed by atoms with E-state index in [0.717, 1.165) is 17.3 Å². The molecule has 8 heteroatoms. The van der Waals surface area contributed by atoms with Gasteiger partial charge in [-0.2, -0.15) is 0 Å². The lowest BCUT2D eigenvalue weighted by atomic mass is 10.1. The first kappa shape index (κ1) is 21.4. The summed E-state index contributed by atoms with van der Waals surface area (Å²) in [5.41, 5.74) is 0.552. The van der Waals surface area contributed by atoms with Crippen molar-refractivity contribution in [3.8, 4) is 0 Å². The molecule has 1 aliphatic rings. The second-order valence-electron chi connectivity index (χ2n) is 6.55. The Labute approximate surface area is 168 Å². The van der Waals surface area contributed by atoms with E-state index in [-0.39, 0.29) is 24.3 Å². The normalized spacial score (nSPS) is 16.3. The van der Waals surface area contributed by atoms with E-state index in [9.17, 15) is 14.4 Å². The second-order valence-corrected chi connectivity index (χ2v) is 7.47. The van der Waals surface area contributed by atoms with E-state index < -0.39 is 6.04 Å². The van der Waals surface area contributed by atoms with Crippen LogP contribution >= 0.6 is 15.9 Å². The van der Waals surface area contributed by atoms with Crippen molar-refractivity contribution in [2.45, 2.75) is 25.3 Å². The lowest BCUT2D eigenvalue weighted by Gasteiger charge is -2.28. The smallest absolute Gasteiger partial charge is 0.254 e. The Balaban J connectivity index is 1.92. The second kappa shape index (κ2) is 10.4. The molecule has 0 aliphatic carbocycles. The van der Waals surface area contributed by atoms with E-state index in [1.807, 2.05) is 0 Å². The van der Waals surface area contributed by atoms with Crippen LogP contribution in [-0.2, 0) is 14.3 Å². The maximum Gasteiger partial charge on any atom is 0.254 e. The van der Waals surface area contributed by atoms with Gasteiger partial charge in [-0.3, -0.25) is 14.4 Å². The van der Waals surface area contributed by atoms with Crippen LogP contribution in [0.1, 0.15) is 29.6 Å². The molecule has 1 saturated heterocycles. The maximum atomic E-state index is 12.8. The van der Waals surface area contributed by atoms with Gasteiger partial charge in [0.05, 0.1) is 6.54 Å². The quantitative estimate of drug-likeness (QED) is 0.624. The number of methoxy groups -OCH3 is 1. The van der Waals surface area contributed by atoms with Crippen LogP contribution in [0.2, 0.25) is 0 Å². The Morgan fingerprint density at radius 1 is 1.30 bits per heavy atom. The molecule has 3 amide bonds. The first-order valence-corrected chi connectivity index (χ1v) is 9.80. The number of hydrogen-bond donors (Lipinski definition) is 1. The standard InChI is InChI=1S/C19H26BrN3O4/c1-22(13-17(24)21-10-4-12-27-2)19(26)16-5-3-11-23(16)18(25)14-6-8-15(20)9-7-14/h6-9,16H,3-5,10-13H2,1-2H3,(H,21,24). The van der Waals surface area contributed by atoms with Crippen molar-refractivity contribution in [3.05, 3.63) is 34.3 Å². The highest BCUT2D eigenvalue weighted by atomic mass is 79.9. The molecule has 1 aromatic carbocycles. The number of nitrogens with zero attached hydrogens (tertiary/aromatic N) is 2. The zero-order chi connectivity index (χ0) is 19.8. The number of amides is 3. The summed E-state index contributed by atoms with van der Waals surface area (Å²) in [5.74, 6) is -0.577. The minimum absolute atomic E-state index is 0.0252. The summed E-state index contributed by atoms with van der Waals surface area (Å²) < 4.78 is 5.82. The van der Waals surface area contributed by atoms with Crippen molar-refractivity contribution in [3.63, 3.8) is 0 Å². The summed E-state index contributed by atoms with van der Waals surface area (Å²) in [6, 6.07) is 6.57. The molecule has 1 heterocycles. The number of halogens is 1. The minimum atomic E-state index is -0.521. The molecular formula is C19H26BrN3O4. The van der Waals surface area contributed by atoms with E-state index in [4.69, 9.17) is 4.74 Å². The molecule has 1 fully saturated rings. The van der Waals surface area contributed by atoms with Gasteiger partial charge in [-0.05, 0) is 43.5 Å². The number of likely N-dealkylation sites (N-methyl/N-ethyl adjacent to an activating group) is 1. The lowest BCUT2D eigenvalue weighted by Crippen LogP contribution is -2.49. The van der Waals surface area contributed by atoms with Gasteiger partial charge in [0.15, 0.2) is 0 Å². The average Bonchev–Trinajstić information content (AvgIpc) is 3.14. The number of benzene rings is 1. The van der Waals surface area contributed by atoms with E-state index in [1.54, 1.807) is 43.3 Å². The van der Waals surface area contributed by atoms with Crippen LogP contribution in [0, 0.1) is 0 Å². The highest BCUT2D eigenvalue weighted by molar-refractivity contribution is 9.10. The van der Waals surface area contributed by atoms with Crippen LogP contribution in [0.4, 0.5) is 0 Å². The Morgan fingerprint density at radius 2 is 2.00 bits per heavy atom. The molecule has 0 saturated carbocycles. The Hall–Kier alpha value is -1.93. The van der Waals surface area contributed by atoms with Crippen molar-refractivity contribution in [1.82, 2.24) is 15.1 Å². The lowest BCUT2D eigenvalue weighted by molar-refractivity contribution is -0.137. The number of ether oxygens (including phenoxy) is 1. The molecule has 148 valence electrons. The van der Waals surface area contributed by atoms with Crippen molar-refractivity contribution in [1.29, 1.82) is 0 Å². The van der Waals surface area contributed by atoms with Crippen LogP contribution in [0.25, 0.3) is 0 Å². The van der Waals surface area contributed by atoms with Gasteiger partial charge in [0.2, 0.25) is 11.8 Å². The van der Waals surface area contributed by atoms with Crippen LogP contribution in [-0.4, -0.2) is 74.0 Å². The van der Waals surface area contributed by atoms with Gasteiger partial charge in [0.25, 0.3) is 5.91 Å². The zero-order valence-corrected chi connectivity index (χ0v) is 17.3.